The van der Waals surface area contributed by atoms with Crippen LogP contribution in [0.2, 0.25) is 5.02 Å². The lowest BCUT2D eigenvalue weighted by Gasteiger charge is -2.32. The van der Waals surface area contributed by atoms with Crippen molar-refractivity contribution >= 4 is 21.6 Å². The number of nitrogens with zero attached hydrogens (tertiary/aromatic N) is 1. The lowest BCUT2D eigenvalue weighted by Crippen LogP contribution is -2.42. The van der Waals surface area contributed by atoms with Crippen molar-refractivity contribution in [2.45, 2.75) is 18.8 Å². The maximum absolute atomic E-state index is 12.8. The lowest BCUT2D eigenvalue weighted by atomic mass is 10.1. The number of hydrogen-bond donors (Lipinski definition) is 0. The van der Waals surface area contributed by atoms with Gasteiger partial charge in [-0.1, -0.05) is 59.6 Å². The fourth-order valence-corrected chi connectivity index (χ4v) is 4.66. The Labute approximate surface area is 148 Å². The summed E-state index contributed by atoms with van der Waals surface area (Å²) in [6.45, 7) is 2.98. The van der Waals surface area contributed by atoms with Gasteiger partial charge in [0.05, 0.1) is 18.5 Å². The van der Waals surface area contributed by atoms with Crippen LogP contribution in [0.5, 0.6) is 0 Å². The summed E-state index contributed by atoms with van der Waals surface area (Å²) in [5.41, 5.74) is 2.68. The van der Waals surface area contributed by atoms with Crippen LogP contribution in [-0.2, 0) is 20.5 Å². The molecule has 4 nitrogen and oxygen atoms in total. The molecule has 2 aromatic carbocycles. The molecule has 1 unspecified atom stereocenters. The van der Waals surface area contributed by atoms with Crippen LogP contribution < -0.4 is 0 Å². The summed E-state index contributed by atoms with van der Waals surface area (Å²) >= 11 is 6.22. The second kappa shape index (κ2) is 7.23. The highest BCUT2D eigenvalue weighted by Crippen LogP contribution is 2.29. The number of halogens is 1. The quantitative estimate of drug-likeness (QED) is 0.832. The SMILES string of the molecule is Cc1cccc(CS(=O)(=O)N2CCOC(c3ccccc3Cl)C2)c1. The third kappa shape index (κ3) is 3.98. The Morgan fingerprint density at radius 1 is 1.21 bits per heavy atom. The zero-order valence-corrected chi connectivity index (χ0v) is 15.1. The minimum absolute atomic E-state index is 0.00389. The van der Waals surface area contributed by atoms with Crippen molar-refractivity contribution in [3.8, 4) is 0 Å². The van der Waals surface area contributed by atoms with E-state index < -0.39 is 10.0 Å². The zero-order chi connectivity index (χ0) is 17.2. The third-order valence-corrected chi connectivity index (χ3v) is 6.27. The number of sulfonamides is 1. The van der Waals surface area contributed by atoms with E-state index in [1.807, 2.05) is 49.4 Å². The van der Waals surface area contributed by atoms with Gasteiger partial charge in [-0.2, -0.15) is 4.31 Å². The molecule has 1 atom stereocenters. The Morgan fingerprint density at radius 2 is 2.00 bits per heavy atom. The van der Waals surface area contributed by atoms with E-state index in [0.717, 1.165) is 16.7 Å². The highest BCUT2D eigenvalue weighted by Gasteiger charge is 2.31. The van der Waals surface area contributed by atoms with E-state index in [9.17, 15) is 8.42 Å². The second-order valence-electron chi connectivity index (χ2n) is 5.98. The highest BCUT2D eigenvalue weighted by atomic mass is 35.5. The number of aryl methyl sites for hydroxylation is 1. The normalized spacial score (nSPS) is 19.3. The number of ether oxygens (including phenoxy) is 1. The van der Waals surface area contributed by atoms with Crippen LogP contribution in [0.4, 0.5) is 0 Å². The highest BCUT2D eigenvalue weighted by molar-refractivity contribution is 7.88. The predicted molar refractivity (Wildman–Crippen MR) is 95.5 cm³/mol. The molecular weight excluding hydrogens is 346 g/mol. The molecule has 128 valence electrons. The molecule has 1 aliphatic heterocycles. The zero-order valence-electron chi connectivity index (χ0n) is 13.5. The minimum Gasteiger partial charge on any atom is -0.371 e. The predicted octanol–water partition coefficient (Wildman–Crippen LogP) is 3.55. The molecule has 1 aliphatic rings. The molecule has 0 amide bonds. The van der Waals surface area contributed by atoms with E-state index in [0.29, 0.717) is 18.2 Å². The summed E-state index contributed by atoms with van der Waals surface area (Å²) in [4.78, 5) is 0. The van der Waals surface area contributed by atoms with Crippen LogP contribution in [0.25, 0.3) is 0 Å². The van der Waals surface area contributed by atoms with E-state index in [1.54, 1.807) is 6.07 Å². The van der Waals surface area contributed by atoms with Crippen molar-refractivity contribution in [1.82, 2.24) is 4.31 Å². The van der Waals surface area contributed by atoms with E-state index in [1.165, 1.54) is 4.31 Å². The monoisotopic (exact) mass is 365 g/mol. The van der Waals surface area contributed by atoms with Crippen LogP contribution in [-0.4, -0.2) is 32.4 Å². The molecule has 0 bridgehead atoms. The van der Waals surface area contributed by atoms with Gasteiger partial charge in [-0.25, -0.2) is 8.42 Å². The molecule has 1 fully saturated rings. The molecule has 6 heteroatoms. The van der Waals surface area contributed by atoms with Crippen molar-refractivity contribution in [3.05, 3.63) is 70.2 Å². The molecule has 0 radical (unpaired) electrons. The standard InChI is InChI=1S/C18H20ClNO3S/c1-14-5-4-6-15(11-14)13-24(21,22)20-9-10-23-18(12-20)16-7-2-3-8-17(16)19/h2-8,11,18H,9-10,12-13H2,1H3. The maximum atomic E-state index is 12.8. The van der Waals surface area contributed by atoms with Crippen molar-refractivity contribution < 1.29 is 13.2 Å². The summed E-state index contributed by atoms with van der Waals surface area (Å²) in [6.07, 6.45) is -0.334. The Balaban J connectivity index is 1.77. The van der Waals surface area contributed by atoms with Crippen LogP contribution in [0, 0.1) is 6.92 Å². The van der Waals surface area contributed by atoms with Crippen molar-refractivity contribution in [2.75, 3.05) is 19.7 Å². The molecule has 3 rings (SSSR count). The summed E-state index contributed by atoms with van der Waals surface area (Å²) in [6, 6.07) is 15.0. The van der Waals surface area contributed by atoms with E-state index in [-0.39, 0.29) is 18.4 Å². The van der Waals surface area contributed by atoms with Gasteiger partial charge in [0, 0.05) is 23.7 Å². The Morgan fingerprint density at radius 3 is 2.75 bits per heavy atom. The average molecular weight is 366 g/mol. The number of rotatable bonds is 4. The van der Waals surface area contributed by atoms with Crippen LogP contribution in [0.15, 0.2) is 48.5 Å². The maximum Gasteiger partial charge on any atom is 0.218 e. The molecule has 0 aromatic heterocycles. The first-order valence-electron chi connectivity index (χ1n) is 7.85. The molecule has 0 N–H and O–H groups in total. The first kappa shape index (κ1) is 17.4. The second-order valence-corrected chi connectivity index (χ2v) is 8.36. The van der Waals surface area contributed by atoms with Gasteiger partial charge in [0.15, 0.2) is 0 Å². The fourth-order valence-electron chi connectivity index (χ4n) is 2.91. The van der Waals surface area contributed by atoms with Crippen molar-refractivity contribution in [2.24, 2.45) is 0 Å². The Bertz CT molecular complexity index is 823. The van der Waals surface area contributed by atoms with E-state index in [4.69, 9.17) is 16.3 Å². The Kier molecular flexibility index (Phi) is 5.25. The summed E-state index contributed by atoms with van der Waals surface area (Å²) < 4.78 is 32.8. The van der Waals surface area contributed by atoms with Gasteiger partial charge in [0.1, 0.15) is 0 Å². The van der Waals surface area contributed by atoms with Gasteiger partial charge in [-0.3, -0.25) is 0 Å². The Hall–Kier alpha value is -1.40. The number of benzene rings is 2. The van der Waals surface area contributed by atoms with Crippen molar-refractivity contribution in [3.63, 3.8) is 0 Å². The summed E-state index contributed by atoms with van der Waals surface area (Å²) in [5.74, 6) is 0.00389. The topological polar surface area (TPSA) is 46.6 Å². The van der Waals surface area contributed by atoms with E-state index in [2.05, 4.69) is 0 Å². The largest absolute Gasteiger partial charge is 0.371 e. The lowest BCUT2D eigenvalue weighted by molar-refractivity contribution is -0.00254. The van der Waals surface area contributed by atoms with E-state index >= 15 is 0 Å². The average Bonchev–Trinajstić information content (AvgIpc) is 2.55. The molecular formula is C18H20ClNO3S. The van der Waals surface area contributed by atoms with Crippen molar-refractivity contribution in [1.29, 1.82) is 0 Å². The summed E-state index contributed by atoms with van der Waals surface area (Å²) in [7, 11) is -3.40. The van der Waals surface area contributed by atoms with Gasteiger partial charge in [-0.05, 0) is 18.6 Å². The molecule has 0 saturated carbocycles. The van der Waals surface area contributed by atoms with Crippen LogP contribution in [0.3, 0.4) is 0 Å². The third-order valence-electron chi connectivity index (χ3n) is 4.11. The van der Waals surface area contributed by atoms with Gasteiger partial charge < -0.3 is 4.74 Å². The first-order chi connectivity index (χ1) is 11.5. The van der Waals surface area contributed by atoms with Gasteiger partial charge >= 0.3 is 0 Å². The minimum atomic E-state index is -3.40. The van der Waals surface area contributed by atoms with Gasteiger partial charge in [-0.15, -0.1) is 0 Å². The molecule has 0 aliphatic carbocycles. The first-order valence-corrected chi connectivity index (χ1v) is 9.84. The molecule has 2 aromatic rings. The summed E-state index contributed by atoms with van der Waals surface area (Å²) in [5, 5.41) is 0.598. The number of hydrogen-bond acceptors (Lipinski definition) is 3. The smallest absolute Gasteiger partial charge is 0.218 e. The molecule has 0 spiro atoms. The van der Waals surface area contributed by atoms with Gasteiger partial charge in [0.2, 0.25) is 10.0 Å². The molecule has 1 saturated heterocycles. The number of morpholine rings is 1. The fraction of sp³-hybridized carbons (Fsp3) is 0.333. The van der Waals surface area contributed by atoms with Crippen LogP contribution in [0.1, 0.15) is 22.8 Å². The molecule has 1 heterocycles. The van der Waals surface area contributed by atoms with Crippen LogP contribution >= 0.6 is 11.6 Å². The molecule has 24 heavy (non-hydrogen) atoms. The van der Waals surface area contributed by atoms with Gasteiger partial charge in [0.25, 0.3) is 0 Å².